The molecule has 0 aliphatic heterocycles. The number of rotatable bonds is 1. The number of pyridine rings is 1. The minimum Gasteiger partial charge on any atom is -0.304 e. The average molecular weight is 349 g/mol. The van der Waals surface area contributed by atoms with Crippen LogP contribution in [0.2, 0.25) is 0 Å². The van der Waals surface area contributed by atoms with E-state index in [1.807, 2.05) is 59.0 Å². The molecule has 0 amide bonds. The summed E-state index contributed by atoms with van der Waals surface area (Å²) in [5.41, 5.74) is 1.41. The second-order valence-electron chi connectivity index (χ2n) is 3.80. The van der Waals surface area contributed by atoms with E-state index in [-0.39, 0.29) is 5.56 Å². The fourth-order valence-electron chi connectivity index (χ4n) is 1.71. The van der Waals surface area contributed by atoms with E-state index in [0.29, 0.717) is 15.1 Å². The van der Waals surface area contributed by atoms with Crippen molar-refractivity contribution in [1.82, 2.24) is 15.0 Å². The molecule has 0 aliphatic carbocycles. The fraction of sp³-hybridized carbons (Fsp3) is 0. The molecule has 0 atom stereocenters. The molecule has 0 aliphatic rings. The molecule has 0 unspecified atom stereocenters. The zero-order valence-electron chi connectivity index (χ0n) is 9.22. The highest BCUT2D eigenvalue weighted by Crippen LogP contribution is 2.17. The summed E-state index contributed by atoms with van der Waals surface area (Å²) in [6.07, 6.45) is 1.55. The summed E-state index contributed by atoms with van der Waals surface area (Å²) in [4.78, 5) is 22.9. The van der Waals surface area contributed by atoms with Crippen molar-refractivity contribution in [3.8, 4) is 11.5 Å². The average Bonchev–Trinajstić information content (AvgIpc) is 2.41. The first kappa shape index (κ1) is 11.3. The number of halogens is 1. The second-order valence-corrected chi connectivity index (χ2v) is 4.96. The number of aromatic amines is 1. The predicted molar refractivity (Wildman–Crippen MR) is 78.3 cm³/mol. The van der Waals surface area contributed by atoms with Gasteiger partial charge in [0.1, 0.15) is 5.69 Å². The van der Waals surface area contributed by atoms with Gasteiger partial charge in [-0.25, -0.2) is 9.97 Å². The number of para-hydroxylation sites is 1. The Bertz CT molecular complexity index is 782. The van der Waals surface area contributed by atoms with Gasteiger partial charge in [0.05, 0.1) is 9.09 Å². The number of nitrogens with one attached hydrogen (secondary N) is 1. The maximum Gasteiger partial charge on any atom is 0.264 e. The van der Waals surface area contributed by atoms with Gasteiger partial charge in [-0.2, -0.15) is 0 Å². The van der Waals surface area contributed by atoms with E-state index in [2.05, 4.69) is 15.0 Å². The maximum atomic E-state index is 11.5. The molecule has 0 fully saturated rings. The van der Waals surface area contributed by atoms with E-state index >= 15 is 0 Å². The van der Waals surface area contributed by atoms with Gasteiger partial charge in [0.25, 0.3) is 5.56 Å². The first-order valence-electron chi connectivity index (χ1n) is 5.35. The first-order valence-corrected chi connectivity index (χ1v) is 6.43. The highest BCUT2D eigenvalue weighted by atomic mass is 127. The molecule has 0 spiro atoms. The normalized spacial score (nSPS) is 10.7. The minimum absolute atomic E-state index is 0.143. The molecular weight excluding hydrogens is 341 g/mol. The van der Waals surface area contributed by atoms with Gasteiger partial charge < -0.3 is 4.98 Å². The molecule has 5 heteroatoms. The monoisotopic (exact) mass is 349 g/mol. The Balaban J connectivity index is 2.19. The van der Waals surface area contributed by atoms with Crippen molar-refractivity contribution in [3.05, 3.63) is 56.5 Å². The highest BCUT2D eigenvalue weighted by molar-refractivity contribution is 14.1. The van der Waals surface area contributed by atoms with Gasteiger partial charge in [0.15, 0.2) is 5.82 Å². The van der Waals surface area contributed by atoms with Crippen molar-refractivity contribution < 1.29 is 0 Å². The van der Waals surface area contributed by atoms with Crippen molar-refractivity contribution in [1.29, 1.82) is 0 Å². The molecule has 0 saturated carbocycles. The van der Waals surface area contributed by atoms with Crippen LogP contribution in [-0.2, 0) is 0 Å². The van der Waals surface area contributed by atoms with Crippen LogP contribution < -0.4 is 5.56 Å². The third-order valence-electron chi connectivity index (χ3n) is 2.60. The van der Waals surface area contributed by atoms with Crippen LogP contribution in [0, 0.1) is 3.57 Å². The standard InChI is InChI=1S/C13H8IN3O/c14-9-7-15-12(17-13(9)18)11-6-5-8-3-1-2-4-10(8)16-11/h1-7H,(H,15,17,18). The van der Waals surface area contributed by atoms with Crippen LogP contribution >= 0.6 is 22.6 Å². The Hall–Kier alpha value is -1.76. The number of fused-ring (bicyclic) bond motifs is 1. The van der Waals surface area contributed by atoms with Gasteiger partial charge in [0.2, 0.25) is 0 Å². The zero-order chi connectivity index (χ0) is 12.5. The Morgan fingerprint density at radius 2 is 1.94 bits per heavy atom. The Kier molecular flexibility index (Phi) is 2.83. The zero-order valence-corrected chi connectivity index (χ0v) is 11.4. The quantitative estimate of drug-likeness (QED) is 0.687. The largest absolute Gasteiger partial charge is 0.304 e. The number of hydrogen-bond acceptors (Lipinski definition) is 3. The molecular formula is C13H8IN3O. The van der Waals surface area contributed by atoms with E-state index in [4.69, 9.17) is 0 Å². The van der Waals surface area contributed by atoms with Crippen LogP contribution in [0.4, 0.5) is 0 Å². The van der Waals surface area contributed by atoms with Crippen LogP contribution in [-0.4, -0.2) is 15.0 Å². The van der Waals surface area contributed by atoms with Gasteiger partial charge in [0, 0.05) is 11.6 Å². The molecule has 1 N–H and O–H groups in total. The van der Waals surface area contributed by atoms with Crippen LogP contribution in [0.3, 0.4) is 0 Å². The van der Waals surface area contributed by atoms with E-state index in [1.54, 1.807) is 6.20 Å². The molecule has 0 saturated heterocycles. The lowest BCUT2D eigenvalue weighted by atomic mass is 10.2. The lowest BCUT2D eigenvalue weighted by molar-refractivity contribution is 1.09. The summed E-state index contributed by atoms with van der Waals surface area (Å²) in [7, 11) is 0. The SMILES string of the molecule is O=c1[nH]c(-c2ccc3ccccc3n2)ncc1I. The van der Waals surface area contributed by atoms with E-state index in [1.165, 1.54) is 0 Å². The molecule has 88 valence electrons. The highest BCUT2D eigenvalue weighted by Gasteiger charge is 2.05. The molecule has 18 heavy (non-hydrogen) atoms. The smallest absolute Gasteiger partial charge is 0.264 e. The van der Waals surface area contributed by atoms with Crippen molar-refractivity contribution in [2.75, 3.05) is 0 Å². The van der Waals surface area contributed by atoms with Crippen molar-refractivity contribution in [3.63, 3.8) is 0 Å². The molecule has 3 rings (SSSR count). The van der Waals surface area contributed by atoms with Gasteiger partial charge in [-0.3, -0.25) is 4.79 Å². The molecule has 4 nitrogen and oxygen atoms in total. The van der Waals surface area contributed by atoms with Crippen LogP contribution in [0.1, 0.15) is 0 Å². The van der Waals surface area contributed by atoms with E-state index in [9.17, 15) is 4.79 Å². The van der Waals surface area contributed by atoms with Crippen LogP contribution in [0.5, 0.6) is 0 Å². The Morgan fingerprint density at radius 1 is 1.11 bits per heavy atom. The van der Waals surface area contributed by atoms with Crippen molar-refractivity contribution in [2.45, 2.75) is 0 Å². The van der Waals surface area contributed by atoms with Crippen LogP contribution in [0.25, 0.3) is 22.4 Å². The second kappa shape index (κ2) is 4.49. The summed E-state index contributed by atoms with van der Waals surface area (Å²) in [6.45, 7) is 0. The molecule has 2 heterocycles. The third-order valence-corrected chi connectivity index (χ3v) is 3.37. The van der Waals surface area contributed by atoms with Crippen molar-refractivity contribution >= 4 is 33.5 Å². The van der Waals surface area contributed by atoms with E-state index < -0.39 is 0 Å². The van der Waals surface area contributed by atoms with Crippen molar-refractivity contribution in [2.24, 2.45) is 0 Å². The summed E-state index contributed by atoms with van der Waals surface area (Å²) in [5, 5.41) is 1.06. The summed E-state index contributed by atoms with van der Waals surface area (Å²) in [5.74, 6) is 0.492. The summed E-state index contributed by atoms with van der Waals surface area (Å²) >= 11 is 1.95. The van der Waals surface area contributed by atoms with Gasteiger partial charge in [-0.1, -0.05) is 24.3 Å². The predicted octanol–water partition coefficient (Wildman–Crippen LogP) is 2.59. The molecule has 0 radical (unpaired) electrons. The number of aromatic nitrogens is 3. The first-order chi connectivity index (χ1) is 8.74. The van der Waals surface area contributed by atoms with Gasteiger partial charge in [-0.15, -0.1) is 0 Å². The fourth-order valence-corrected chi connectivity index (χ4v) is 1.98. The summed E-state index contributed by atoms with van der Waals surface area (Å²) in [6, 6.07) is 11.7. The number of hydrogen-bond donors (Lipinski definition) is 1. The maximum absolute atomic E-state index is 11.5. The number of nitrogens with zero attached hydrogens (tertiary/aromatic N) is 2. The number of H-pyrrole nitrogens is 1. The van der Waals surface area contributed by atoms with E-state index in [0.717, 1.165) is 10.9 Å². The Morgan fingerprint density at radius 3 is 2.78 bits per heavy atom. The lowest BCUT2D eigenvalue weighted by Gasteiger charge is -2.02. The molecule has 0 bridgehead atoms. The third kappa shape index (κ3) is 2.01. The molecule has 3 aromatic rings. The topological polar surface area (TPSA) is 58.6 Å². The Labute approximate surface area is 116 Å². The molecule has 1 aromatic carbocycles. The van der Waals surface area contributed by atoms with Crippen LogP contribution in [0.15, 0.2) is 47.4 Å². The lowest BCUT2D eigenvalue weighted by Crippen LogP contribution is -2.11. The minimum atomic E-state index is -0.143. The molecule has 2 aromatic heterocycles. The summed E-state index contributed by atoms with van der Waals surface area (Å²) < 4.78 is 0.567. The van der Waals surface area contributed by atoms with Gasteiger partial charge in [-0.05, 0) is 34.7 Å². The number of benzene rings is 1. The van der Waals surface area contributed by atoms with Gasteiger partial charge >= 0.3 is 0 Å².